The SMILES string of the molecule is CCCC1CCC2C(CCC3CC(c4ccc(Cl)c(F)c4)CCC32)C1. The third-order valence-corrected chi connectivity index (χ3v) is 8.07. The standard InChI is InChI=1S/C23H32ClF/c1-2-3-15-4-9-20-18(12-15)5-6-19-13-16(7-10-21(19)20)17-8-11-22(24)23(25)14-17/h8,11,14-16,18-21H,2-7,9-10,12-13H2,1H3. The monoisotopic (exact) mass is 362 g/mol. The van der Waals surface area contributed by atoms with Crippen LogP contribution in [-0.4, -0.2) is 0 Å². The van der Waals surface area contributed by atoms with Crippen LogP contribution in [0.1, 0.15) is 82.6 Å². The Morgan fingerprint density at radius 1 is 0.960 bits per heavy atom. The summed E-state index contributed by atoms with van der Waals surface area (Å²) in [6, 6.07) is 5.48. The molecule has 0 aromatic heterocycles. The van der Waals surface area contributed by atoms with Crippen LogP contribution in [0.4, 0.5) is 4.39 Å². The molecule has 6 unspecified atom stereocenters. The molecule has 0 saturated heterocycles. The topological polar surface area (TPSA) is 0 Å². The summed E-state index contributed by atoms with van der Waals surface area (Å²) in [6.45, 7) is 2.34. The van der Waals surface area contributed by atoms with Crippen LogP contribution < -0.4 is 0 Å². The Labute approximate surface area is 157 Å². The van der Waals surface area contributed by atoms with E-state index in [-0.39, 0.29) is 10.8 Å². The van der Waals surface area contributed by atoms with Crippen molar-refractivity contribution in [1.82, 2.24) is 0 Å². The molecular weight excluding hydrogens is 331 g/mol. The number of hydrogen-bond acceptors (Lipinski definition) is 0. The summed E-state index contributed by atoms with van der Waals surface area (Å²) in [5.74, 6) is 5.14. The lowest BCUT2D eigenvalue weighted by Gasteiger charge is -2.51. The van der Waals surface area contributed by atoms with Crippen molar-refractivity contribution >= 4 is 11.6 Å². The highest BCUT2D eigenvalue weighted by Gasteiger charge is 2.44. The molecule has 0 bridgehead atoms. The maximum Gasteiger partial charge on any atom is 0.142 e. The van der Waals surface area contributed by atoms with Crippen molar-refractivity contribution in [3.8, 4) is 0 Å². The molecule has 25 heavy (non-hydrogen) atoms. The first kappa shape index (κ1) is 17.8. The van der Waals surface area contributed by atoms with Crippen LogP contribution in [-0.2, 0) is 0 Å². The normalized spacial score (nSPS) is 38.0. The summed E-state index contributed by atoms with van der Waals surface area (Å²) in [4.78, 5) is 0. The highest BCUT2D eigenvalue weighted by molar-refractivity contribution is 6.30. The minimum atomic E-state index is -0.251. The molecule has 0 radical (unpaired) electrons. The predicted octanol–water partition coefficient (Wildman–Crippen LogP) is 7.61. The van der Waals surface area contributed by atoms with Crippen LogP contribution in [0.25, 0.3) is 0 Å². The summed E-state index contributed by atoms with van der Waals surface area (Å²) in [7, 11) is 0. The second-order valence-electron chi connectivity index (χ2n) is 9.08. The predicted molar refractivity (Wildman–Crippen MR) is 103 cm³/mol. The Balaban J connectivity index is 1.42. The van der Waals surface area contributed by atoms with Gasteiger partial charge in [-0.05, 0) is 98.1 Å². The van der Waals surface area contributed by atoms with Crippen molar-refractivity contribution in [2.45, 2.75) is 77.0 Å². The van der Waals surface area contributed by atoms with Gasteiger partial charge in [-0.25, -0.2) is 4.39 Å². The maximum absolute atomic E-state index is 13.9. The van der Waals surface area contributed by atoms with Gasteiger partial charge in [-0.2, -0.15) is 0 Å². The van der Waals surface area contributed by atoms with Gasteiger partial charge < -0.3 is 0 Å². The fourth-order valence-corrected chi connectivity index (χ4v) is 6.75. The van der Waals surface area contributed by atoms with Crippen molar-refractivity contribution in [2.24, 2.45) is 29.6 Å². The molecule has 3 saturated carbocycles. The molecule has 6 atom stereocenters. The molecule has 1 aromatic rings. The Morgan fingerprint density at radius 2 is 1.68 bits per heavy atom. The average Bonchev–Trinajstić information content (AvgIpc) is 2.63. The number of benzene rings is 1. The first-order valence-electron chi connectivity index (χ1n) is 10.6. The van der Waals surface area contributed by atoms with Gasteiger partial charge in [0.1, 0.15) is 5.82 Å². The van der Waals surface area contributed by atoms with Crippen molar-refractivity contribution in [3.63, 3.8) is 0 Å². The Kier molecular flexibility index (Phi) is 5.41. The lowest BCUT2D eigenvalue weighted by molar-refractivity contribution is 0.00541. The third kappa shape index (κ3) is 3.64. The average molecular weight is 363 g/mol. The quantitative estimate of drug-likeness (QED) is 0.519. The smallest absolute Gasteiger partial charge is 0.142 e. The van der Waals surface area contributed by atoms with Crippen LogP contribution >= 0.6 is 11.6 Å². The maximum atomic E-state index is 13.9. The van der Waals surface area contributed by atoms with E-state index in [4.69, 9.17) is 11.6 Å². The van der Waals surface area contributed by atoms with Crippen LogP contribution in [0, 0.1) is 35.4 Å². The van der Waals surface area contributed by atoms with E-state index in [2.05, 4.69) is 13.0 Å². The summed E-state index contributed by atoms with van der Waals surface area (Å²) >= 11 is 5.87. The number of hydrogen-bond donors (Lipinski definition) is 0. The van der Waals surface area contributed by atoms with E-state index >= 15 is 0 Å². The number of fused-ring (bicyclic) bond motifs is 3. The molecule has 3 fully saturated rings. The van der Waals surface area contributed by atoms with Gasteiger partial charge in [0, 0.05) is 0 Å². The van der Waals surface area contributed by atoms with E-state index in [1.165, 1.54) is 69.8 Å². The first-order valence-corrected chi connectivity index (χ1v) is 11.0. The van der Waals surface area contributed by atoms with Gasteiger partial charge in [0.05, 0.1) is 5.02 Å². The fraction of sp³-hybridized carbons (Fsp3) is 0.739. The molecule has 0 spiro atoms. The molecule has 0 aliphatic heterocycles. The van der Waals surface area contributed by atoms with Crippen molar-refractivity contribution in [2.75, 3.05) is 0 Å². The molecule has 0 N–H and O–H groups in total. The van der Waals surface area contributed by atoms with Gasteiger partial charge in [0.15, 0.2) is 0 Å². The highest BCUT2D eigenvalue weighted by atomic mass is 35.5. The molecule has 3 aliphatic carbocycles. The number of halogens is 2. The van der Waals surface area contributed by atoms with Gasteiger partial charge in [-0.15, -0.1) is 0 Å². The lowest BCUT2D eigenvalue weighted by atomic mass is 9.55. The van der Waals surface area contributed by atoms with Crippen molar-refractivity contribution in [3.05, 3.63) is 34.6 Å². The summed E-state index contributed by atoms with van der Waals surface area (Å²) in [6.07, 6.45) is 14.0. The third-order valence-electron chi connectivity index (χ3n) is 7.76. The largest absolute Gasteiger partial charge is 0.205 e. The Bertz CT molecular complexity index is 598. The molecule has 2 heteroatoms. The Morgan fingerprint density at radius 3 is 2.40 bits per heavy atom. The van der Waals surface area contributed by atoms with Crippen molar-refractivity contribution < 1.29 is 4.39 Å². The molecule has 138 valence electrons. The van der Waals surface area contributed by atoms with Crippen molar-refractivity contribution in [1.29, 1.82) is 0 Å². The van der Waals surface area contributed by atoms with Gasteiger partial charge in [0.2, 0.25) is 0 Å². The zero-order valence-corrected chi connectivity index (χ0v) is 16.3. The fourth-order valence-electron chi connectivity index (χ4n) is 6.63. The lowest BCUT2D eigenvalue weighted by Crippen LogP contribution is -2.41. The first-order chi connectivity index (χ1) is 12.2. The molecule has 3 aliphatic rings. The van der Waals surface area contributed by atoms with Gasteiger partial charge in [-0.3, -0.25) is 0 Å². The second-order valence-corrected chi connectivity index (χ2v) is 9.48. The molecule has 0 amide bonds. The van der Waals surface area contributed by atoms with Gasteiger partial charge >= 0.3 is 0 Å². The van der Waals surface area contributed by atoms with Gasteiger partial charge in [0.25, 0.3) is 0 Å². The van der Waals surface area contributed by atoms with E-state index in [0.717, 1.165) is 29.6 Å². The highest BCUT2D eigenvalue weighted by Crippen LogP contribution is 2.55. The Hall–Kier alpha value is -0.560. The molecule has 0 heterocycles. The van der Waals surface area contributed by atoms with Crippen LogP contribution in [0.15, 0.2) is 18.2 Å². The van der Waals surface area contributed by atoms with Crippen LogP contribution in [0.5, 0.6) is 0 Å². The second kappa shape index (κ2) is 7.59. The molecule has 0 nitrogen and oxygen atoms in total. The zero-order chi connectivity index (χ0) is 17.4. The van der Waals surface area contributed by atoms with E-state index in [0.29, 0.717) is 5.92 Å². The van der Waals surface area contributed by atoms with E-state index in [1.807, 2.05) is 0 Å². The van der Waals surface area contributed by atoms with E-state index in [9.17, 15) is 4.39 Å². The zero-order valence-electron chi connectivity index (χ0n) is 15.5. The van der Waals surface area contributed by atoms with E-state index in [1.54, 1.807) is 12.1 Å². The summed E-state index contributed by atoms with van der Waals surface area (Å²) in [5, 5.41) is 0.252. The molecule has 1 aromatic carbocycles. The van der Waals surface area contributed by atoms with Gasteiger partial charge in [-0.1, -0.05) is 43.9 Å². The molecular formula is C23H32ClF. The van der Waals surface area contributed by atoms with E-state index < -0.39 is 0 Å². The number of rotatable bonds is 3. The van der Waals surface area contributed by atoms with Crippen LogP contribution in [0.3, 0.4) is 0 Å². The molecule has 4 rings (SSSR count). The summed E-state index contributed by atoms with van der Waals surface area (Å²) in [5.41, 5.74) is 1.18. The summed E-state index contributed by atoms with van der Waals surface area (Å²) < 4.78 is 13.9. The minimum Gasteiger partial charge on any atom is -0.205 e. The van der Waals surface area contributed by atoms with Crippen LogP contribution in [0.2, 0.25) is 5.02 Å². The minimum absolute atomic E-state index is 0.251.